The lowest BCUT2D eigenvalue weighted by Gasteiger charge is -2.23. The predicted octanol–water partition coefficient (Wildman–Crippen LogP) is 1.28. The quantitative estimate of drug-likeness (QED) is 0.329. The normalized spacial score (nSPS) is 10.2. The predicted molar refractivity (Wildman–Crippen MR) is 72.5 cm³/mol. The van der Waals surface area contributed by atoms with Crippen LogP contribution in [0.5, 0.6) is 0 Å². The lowest BCUT2D eigenvalue weighted by atomic mass is 10.0. The van der Waals surface area contributed by atoms with Crippen molar-refractivity contribution >= 4 is 24.3 Å². The van der Waals surface area contributed by atoms with E-state index in [0.717, 1.165) is 27.6 Å². The van der Waals surface area contributed by atoms with E-state index in [1.165, 1.54) is 7.05 Å². The zero-order valence-corrected chi connectivity index (χ0v) is 10.9. The second-order valence-corrected chi connectivity index (χ2v) is 4.01. The van der Waals surface area contributed by atoms with E-state index in [1.54, 1.807) is 6.07 Å². The van der Waals surface area contributed by atoms with E-state index in [-0.39, 0.29) is 0 Å². The summed E-state index contributed by atoms with van der Waals surface area (Å²) in [5.74, 6) is 11.7. The molecule has 6 heteroatoms. The van der Waals surface area contributed by atoms with Crippen molar-refractivity contribution in [2.45, 2.75) is 19.1 Å². The van der Waals surface area contributed by atoms with Gasteiger partial charge in [-0.3, -0.25) is 5.01 Å². The van der Waals surface area contributed by atoms with Crippen LogP contribution in [0.25, 0.3) is 0 Å². The van der Waals surface area contributed by atoms with Crippen LogP contribution in [0.4, 0.5) is 10.5 Å². The maximum Gasteiger partial charge on any atom is 0.352 e. The number of nitrogens with zero attached hydrogens (tertiary/aromatic N) is 2. The molecule has 0 aliphatic rings. The molecule has 1 aromatic rings. The summed E-state index contributed by atoms with van der Waals surface area (Å²) in [6.45, 7) is 2.05. The van der Waals surface area contributed by atoms with Gasteiger partial charge in [0.2, 0.25) is 0 Å². The minimum atomic E-state index is -0.471. The average Bonchev–Trinajstić information content (AvgIpc) is 2.35. The number of anilines is 1. The highest BCUT2D eigenvalue weighted by Gasteiger charge is 2.18. The number of carbonyl (C=O) groups is 1. The average molecular weight is 254 g/mol. The fraction of sp³-hybridized carbons (Fsp3) is 0.364. The summed E-state index contributed by atoms with van der Waals surface area (Å²) < 4.78 is 0. The number of carbonyl (C=O) groups excluding carboxylic acids is 1. The number of urea groups is 1. The molecule has 0 fully saturated rings. The summed E-state index contributed by atoms with van der Waals surface area (Å²) in [5.41, 5.74) is 2.72. The van der Waals surface area contributed by atoms with Crippen LogP contribution in [0.2, 0.25) is 0 Å². The van der Waals surface area contributed by atoms with Gasteiger partial charge in [-0.15, -0.1) is 0 Å². The first-order valence-corrected chi connectivity index (χ1v) is 5.95. The Morgan fingerprint density at radius 2 is 2.06 bits per heavy atom. The van der Waals surface area contributed by atoms with Crippen molar-refractivity contribution in [2.24, 2.45) is 11.7 Å². The molecule has 0 unspecified atom stereocenters. The molecule has 1 rings (SSSR count). The third kappa shape index (κ3) is 2.91. The lowest BCUT2D eigenvalue weighted by molar-refractivity contribution is 0.216. The molecule has 0 bridgehead atoms. The molecule has 2 amide bonds. The molecule has 0 aliphatic carbocycles. The monoisotopic (exact) mass is 254 g/mol. The number of nitrogens with two attached hydrogens (primary N) is 2. The summed E-state index contributed by atoms with van der Waals surface area (Å²) in [6, 6.07) is 5.18. The lowest BCUT2D eigenvalue weighted by Crippen LogP contribution is -2.49. The molecule has 1 aromatic carbocycles. The number of hydrazine groups is 2. The minimum Gasteiger partial charge on any atom is -0.264 e. The van der Waals surface area contributed by atoms with Gasteiger partial charge in [0.1, 0.15) is 0 Å². The molecule has 0 saturated heterocycles. The first-order chi connectivity index (χ1) is 8.02. The van der Waals surface area contributed by atoms with Gasteiger partial charge < -0.3 is 0 Å². The van der Waals surface area contributed by atoms with Crippen LogP contribution in [0, 0.1) is 0 Å². The molecule has 0 spiro atoms. The van der Waals surface area contributed by atoms with Gasteiger partial charge in [0.05, 0.1) is 5.69 Å². The van der Waals surface area contributed by atoms with E-state index >= 15 is 0 Å². The Hall–Kier alpha value is -1.24. The highest BCUT2D eigenvalue weighted by molar-refractivity contribution is 7.79. The maximum absolute atomic E-state index is 11.7. The summed E-state index contributed by atoms with van der Waals surface area (Å²) in [4.78, 5) is 11.7. The molecule has 17 heavy (non-hydrogen) atoms. The number of rotatable bonds is 3. The number of benzene rings is 1. The molecular formula is C11H18N4OS. The van der Waals surface area contributed by atoms with E-state index in [4.69, 9.17) is 11.7 Å². The Balaban J connectivity index is 3.17. The topological polar surface area (TPSA) is 75.6 Å². The van der Waals surface area contributed by atoms with Crippen molar-refractivity contribution in [1.82, 2.24) is 5.01 Å². The molecule has 0 aliphatic heterocycles. The SMILES string of the molecule is CCc1cccc(N(N)C(=O)N(C)N)c1CS. The van der Waals surface area contributed by atoms with Gasteiger partial charge in [-0.1, -0.05) is 19.1 Å². The summed E-state index contributed by atoms with van der Waals surface area (Å²) in [6.07, 6.45) is 0.865. The molecule has 0 atom stereocenters. The minimum absolute atomic E-state index is 0.471. The van der Waals surface area contributed by atoms with Crippen molar-refractivity contribution in [1.29, 1.82) is 0 Å². The van der Waals surface area contributed by atoms with E-state index < -0.39 is 6.03 Å². The van der Waals surface area contributed by atoms with Gasteiger partial charge in [-0.05, 0) is 23.6 Å². The summed E-state index contributed by atoms with van der Waals surface area (Å²) >= 11 is 4.28. The Morgan fingerprint density at radius 3 is 2.53 bits per heavy atom. The fourth-order valence-corrected chi connectivity index (χ4v) is 2.00. The van der Waals surface area contributed by atoms with Crippen molar-refractivity contribution in [3.63, 3.8) is 0 Å². The molecule has 4 N–H and O–H groups in total. The van der Waals surface area contributed by atoms with Crippen LogP contribution < -0.4 is 16.7 Å². The van der Waals surface area contributed by atoms with E-state index in [0.29, 0.717) is 11.4 Å². The smallest absolute Gasteiger partial charge is 0.264 e. The summed E-state index contributed by atoms with van der Waals surface area (Å²) in [7, 11) is 1.45. The zero-order valence-electron chi connectivity index (χ0n) is 10.1. The third-order valence-corrected chi connectivity index (χ3v) is 2.87. The maximum atomic E-state index is 11.7. The number of amides is 2. The molecule has 94 valence electrons. The van der Waals surface area contributed by atoms with Crippen molar-refractivity contribution < 1.29 is 4.79 Å². The van der Waals surface area contributed by atoms with Crippen molar-refractivity contribution in [3.8, 4) is 0 Å². The van der Waals surface area contributed by atoms with Gasteiger partial charge in [0, 0.05) is 12.8 Å². The van der Waals surface area contributed by atoms with Crippen LogP contribution >= 0.6 is 12.6 Å². The molecule has 0 aromatic heterocycles. The van der Waals surface area contributed by atoms with E-state index in [2.05, 4.69) is 12.6 Å². The largest absolute Gasteiger partial charge is 0.352 e. The van der Waals surface area contributed by atoms with E-state index in [1.807, 2.05) is 19.1 Å². The third-order valence-electron chi connectivity index (χ3n) is 2.55. The van der Waals surface area contributed by atoms with Gasteiger partial charge in [0.25, 0.3) is 0 Å². The van der Waals surface area contributed by atoms with Gasteiger partial charge in [-0.2, -0.15) is 12.6 Å². The van der Waals surface area contributed by atoms with Gasteiger partial charge >= 0.3 is 6.03 Å². The highest BCUT2D eigenvalue weighted by Crippen LogP contribution is 2.25. The number of hydrogen-bond donors (Lipinski definition) is 3. The highest BCUT2D eigenvalue weighted by atomic mass is 32.1. The van der Waals surface area contributed by atoms with E-state index in [9.17, 15) is 4.79 Å². The fourth-order valence-electron chi connectivity index (χ4n) is 1.63. The molecule has 5 nitrogen and oxygen atoms in total. The number of hydrogen-bond acceptors (Lipinski definition) is 4. The van der Waals surface area contributed by atoms with Crippen LogP contribution in [0.15, 0.2) is 18.2 Å². The molecular weight excluding hydrogens is 236 g/mol. The second-order valence-electron chi connectivity index (χ2n) is 3.69. The van der Waals surface area contributed by atoms with Crippen LogP contribution in [-0.4, -0.2) is 18.1 Å². The number of thiol groups is 1. The first-order valence-electron chi connectivity index (χ1n) is 5.31. The Morgan fingerprint density at radius 1 is 1.41 bits per heavy atom. The van der Waals surface area contributed by atoms with Crippen LogP contribution in [-0.2, 0) is 12.2 Å². The van der Waals surface area contributed by atoms with Crippen molar-refractivity contribution in [2.75, 3.05) is 12.1 Å². The van der Waals surface area contributed by atoms with Gasteiger partial charge in [0.15, 0.2) is 0 Å². The Labute approximate surface area is 107 Å². The van der Waals surface area contributed by atoms with Crippen LogP contribution in [0.3, 0.4) is 0 Å². The Kier molecular flexibility index (Phi) is 4.80. The summed E-state index contributed by atoms with van der Waals surface area (Å²) in [5, 5.41) is 1.99. The molecule has 0 radical (unpaired) electrons. The standard InChI is InChI=1S/C11H18N4OS/c1-3-8-5-4-6-10(9(8)7-17)15(13)11(16)14(2)12/h4-6,17H,3,7,12-13H2,1-2H3. The number of aryl methyl sites for hydroxylation is 1. The molecule has 0 heterocycles. The Bertz CT molecular complexity index is 408. The second kappa shape index (κ2) is 5.90. The first kappa shape index (κ1) is 13.8. The van der Waals surface area contributed by atoms with Crippen molar-refractivity contribution in [3.05, 3.63) is 29.3 Å². The van der Waals surface area contributed by atoms with Gasteiger partial charge in [-0.25, -0.2) is 21.5 Å². The zero-order chi connectivity index (χ0) is 13.0. The molecule has 0 saturated carbocycles. The van der Waals surface area contributed by atoms with Crippen LogP contribution in [0.1, 0.15) is 18.1 Å².